The zero-order chi connectivity index (χ0) is 26.0. The lowest BCUT2D eigenvalue weighted by Crippen LogP contribution is -2.34. The number of nitrogens with one attached hydrogen (secondary N) is 1. The molecule has 4 heterocycles. The Bertz CT molecular complexity index is 1760. The molecule has 6 nitrogen and oxygen atoms in total. The van der Waals surface area contributed by atoms with E-state index in [1.165, 1.54) is 16.8 Å². The zero-order valence-electron chi connectivity index (χ0n) is 21.9. The first-order valence-corrected chi connectivity index (χ1v) is 13.6. The van der Waals surface area contributed by atoms with E-state index in [4.69, 9.17) is 4.42 Å². The quantitative estimate of drug-likeness (QED) is 0.248. The van der Waals surface area contributed by atoms with Crippen LogP contribution in [0, 0.1) is 16.7 Å². The predicted octanol–water partition coefficient (Wildman–Crippen LogP) is 6.55. The molecule has 0 fully saturated rings. The third kappa shape index (κ3) is 3.68. The van der Waals surface area contributed by atoms with Gasteiger partial charge in [-0.25, -0.2) is 9.78 Å². The molecular weight excluding hydrogens is 472 g/mol. The second-order valence-corrected chi connectivity index (χ2v) is 11.7. The van der Waals surface area contributed by atoms with Crippen LogP contribution in [-0.2, 0) is 12.8 Å². The molecule has 0 amide bonds. The Hall–Kier alpha value is -4.11. The van der Waals surface area contributed by atoms with E-state index in [0.29, 0.717) is 17.0 Å². The van der Waals surface area contributed by atoms with Crippen molar-refractivity contribution in [2.24, 2.45) is 5.41 Å². The Kier molecular flexibility index (Phi) is 5.13. The summed E-state index contributed by atoms with van der Waals surface area (Å²) in [7, 11) is 0. The van der Waals surface area contributed by atoms with Gasteiger partial charge in [0, 0.05) is 29.7 Å². The average molecular weight is 503 g/mol. The second-order valence-electron chi connectivity index (χ2n) is 11.7. The van der Waals surface area contributed by atoms with Gasteiger partial charge in [-0.05, 0) is 84.9 Å². The third-order valence-corrected chi connectivity index (χ3v) is 8.31. The van der Waals surface area contributed by atoms with E-state index in [1.54, 1.807) is 0 Å². The number of hydrogen-bond acceptors (Lipinski definition) is 5. The smallest absolute Gasteiger partial charge is 0.343 e. The number of imidazole rings is 1. The van der Waals surface area contributed by atoms with Gasteiger partial charge < -0.3 is 14.3 Å². The largest absolute Gasteiger partial charge is 0.422 e. The van der Waals surface area contributed by atoms with Crippen LogP contribution in [-0.4, -0.2) is 23.1 Å². The fourth-order valence-corrected chi connectivity index (χ4v) is 6.76. The van der Waals surface area contributed by atoms with Crippen molar-refractivity contribution in [3.63, 3.8) is 0 Å². The van der Waals surface area contributed by atoms with Gasteiger partial charge in [-0.1, -0.05) is 32.1 Å². The minimum atomic E-state index is -0.299. The molecule has 2 aliphatic heterocycles. The predicted molar refractivity (Wildman–Crippen MR) is 151 cm³/mol. The van der Waals surface area contributed by atoms with Gasteiger partial charge in [0.25, 0.3) is 0 Å². The van der Waals surface area contributed by atoms with Crippen molar-refractivity contribution in [3.8, 4) is 6.07 Å². The molecule has 0 atom stereocenters. The Morgan fingerprint density at radius 2 is 1.95 bits per heavy atom. The van der Waals surface area contributed by atoms with Crippen LogP contribution in [0.3, 0.4) is 0 Å². The summed E-state index contributed by atoms with van der Waals surface area (Å²) < 4.78 is 6.11. The molecule has 1 N–H and O–H groups in total. The number of anilines is 1. The van der Waals surface area contributed by atoms with E-state index >= 15 is 0 Å². The molecule has 0 saturated carbocycles. The van der Waals surface area contributed by atoms with Crippen LogP contribution in [0.15, 0.2) is 57.3 Å². The van der Waals surface area contributed by atoms with Gasteiger partial charge in [-0.2, -0.15) is 5.26 Å². The molecule has 38 heavy (non-hydrogen) atoms. The molecule has 6 heteroatoms. The molecule has 1 aliphatic carbocycles. The number of aryl methyl sites for hydroxylation is 2. The van der Waals surface area contributed by atoms with Crippen LogP contribution in [0.25, 0.3) is 33.1 Å². The molecule has 4 aromatic rings. The van der Waals surface area contributed by atoms with E-state index in [1.807, 2.05) is 36.4 Å². The van der Waals surface area contributed by atoms with Crippen molar-refractivity contribution in [1.29, 1.82) is 5.26 Å². The van der Waals surface area contributed by atoms with Gasteiger partial charge in [0.05, 0.1) is 22.2 Å². The molecule has 0 spiro atoms. The minimum Gasteiger partial charge on any atom is -0.422 e. The maximum absolute atomic E-state index is 13.5. The Labute approximate surface area is 221 Å². The summed E-state index contributed by atoms with van der Waals surface area (Å²) >= 11 is 0. The third-order valence-electron chi connectivity index (χ3n) is 8.31. The first kappa shape index (κ1) is 23.0. The zero-order valence-corrected chi connectivity index (χ0v) is 21.9. The van der Waals surface area contributed by atoms with Crippen LogP contribution < -0.4 is 10.5 Å². The normalized spacial score (nSPS) is 19.7. The van der Waals surface area contributed by atoms with Gasteiger partial charge in [-0.3, -0.25) is 0 Å². The van der Waals surface area contributed by atoms with Gasteiger partial charge in [0.15, 0.2) is 0 Å². The fourth-order valence-electron chi connectivity index (χ4n) is 6.76. The van der Waals surface area contributed by atoms with Crippen LogP contribution in [0.2, 0.25) is 0 Å². The first-order chi connectivity index (χ1) is 18.4. The lowest BCUT2D eigenvalue weighted by atomic mass is 9.73. The number of aromatic nitrogens is 2. The SMILES string of the molecule is CC1(C)CC(c2cc3cc4c5c(c3oc2=O)CCCN5CCC4)=CC(=C(C#N)c2nc3ccccc3[nH]2)C1. The molecule has 0 unspecified atom stereocenters. The van der Waals surface area contributed by atoms with E-state index in [9.17, 15) is 10.1 Å². The molecule has 0 bridgehead atoms. The van der Waals surface area contributed by atoms with Crippen LogP contribution in [0.1, 0.15) is 62.0 Å². The number of nitriles is 1. The van der Waals surface area contributed by atoms with Crippen molar-refractivity contribution in [3.05, 3.63) is 81.0 Å². The highest BCUT2D eigenvalue weighted by Crippen LogP contribution is 2.45. The highest BCUT2D eigenvalue weighted by atomic mass is 16.4. The second kappa shape index (κ2) is 8.46. The van der Waals surface area contributed by atoms with Crippen LogP contribution in [0.4, 0.5) is 5.69 Å². The molecule has 3 aliphatic rings. The van der Waals surface area contributed by atoms with Crippen LogP contribution >= 0.6 is 0 Å². The minimum absolute atomic E-state index is 0.128. The van der Waals surface area contributed by atoms with E-state index < -0.39 is 0 Å². The topological polar surface area (TPSA) is 85.9 Å². The Morgan fingerprint density at radius 1 is 1.13 bits per heavy atom. The fraction of sp³-hybridized carbons (Fsp3) is 0.344. The Balaban J connectivity index is 1.40. The van der Waals surface area contributed by atoms with E-state index in [0.717, 1.165) is 84.8 Å². The molecule has 0 radical (unpaired) electrons. The summed E-state index contributed by atoms with van der Waals surface area (Å²) in [4.78, 5) is 24.0. The highest BCUT2D eigenvalue weighted by Gasteiger charge is 2.31. The number of fused-ring (bicyclic) bond motifs is 3. The monoisotopic (exact) mass is 502 g/mol. The molecule has 2 aromatic heterocycles. The van der Waals surface area contributed by atoms with Gasteiger partial charge in [-0.15, -0.1) is 0 Å². The van der Waals surface area contributed by atoms with E-state index in [-0.39, 0.29) is 11.0 Å². The molecule has 7 rings (SSSR count). The lowest BCUT2D eigenvalue weighted by molar-refractivity contribution is 0.369. The van der Waals surface area contributed by atoms with Crippen molar-refractivity contribution in [1.82, 2.24) is 9.97 Å². The number of H-pyrrole nitrogens is 1. The summed E-state index contributed by atoms with van der Waals surface area (Å²) in [5.74, 6) is 0.567. The number of rotatable bonds is 2. The molecular formula is C32H30N4O2. The van der Waals surface area contributed by atoms with Crippen LogP contribution in [0.5, 0.6) is 0 Å². The number of nitrogens with zero attached hydrogens (tertiary/aromatic N) is 3. The maximum Gasteiger partial charge on any atom is 0.343 e. The number of para-hydroxylation sites is 2. The lowest BCUT2D eigenvalue weighted by Gasteiger charge is -2.37. The van der Waals surface area contributed by atoms with Gasteiger partial charge >= 0.3 is 5.63 Å². The first-order valence-electron chi connectivity index (χ1n) is 13.6. The standard InChI is InChI=1S/C32H30N4O2/c1-32(2)16-21(14-22(17-32)25(18-33)30-34-26-9-3-4-10-27(26)35-30)24-15-20-13-19-7-5-11-36-12-6-8-23(28(19)36)29(20)38-31(24)37/h3-4,9-10,13-15H,5-8,11-12,16-17H2,1-2H3,(H,34,35). The summed E-state index contributed by atoms with van der Waals surface area (Å²) in [5, 5.41) is 11.2. The molecule has 190 valence electrons. The number of benzene rings is 2. The number of hydrogen-bond donors (Lipinski definition) is 1. The maximum atomic E-state index is 13.5. The summed E-state index contributed by atoms with van der Waals surface area (Å²) in [6.07, 6.45) is 7.75. The molecule has 0 saturated heterocycles. The van der Waals surface area contributed by atoms with Crippen molar-refractivity contribution in [2.75, 3.05) is 18.0 Å². The van der Waals surface area contributed by atoms with Crippen molar-refractivity contribution >= 4 is 38.8 Å². The highest BCUT2D eigenvalue weighted by molar-refractivity contribution is 5.91. The van der Waals surface area contributed by atoms with Crippen molar-refractivity contribution < 1.29 is 4.42 Å². The van der Waals surface area contributed by atoms with Crippen molar-refractivity contribution in [2.45, 2.75) is 52.4 Å². The molecule has 2 aromatic carbocycles. The Morgan fingerprint density at radius 3 is 2.76 bits per heavy atom. The summed E-state index contributed by atoms with van der Waals surface area (Å²) in [6.45, 7) is 6.53. The summed E-state index contributed by atoms with van der Waals surface area (Å²) in [6, 6.07) is 14.5. The van der Waals surface area contributed by atoms with Gasteiger partial charge in [0.1, 0.15) is 17.5 Å². The van der Waals surface area contributed by atoms with Gasteiger partial charge in [0.2, 0.25) is 0 Å². The summed E-state index contributed by atoms with van der Waals surface area (Å²) in [5.41, 5.74) is 8.86. The van der Waals surface area contributed by atoms with E-state index in [2.05, 4.69) is 40.9 Å². The number of allylic oxidation sites excluding steroid dienone is 4. The average Bonchev–Trinajstić information content (AvgIpc) is 3.32. The number of aromatic amines is 1.